The van der Waals surface area contributed by atoms with E-state index in [1.54, 1.807) is 19.5 Å². The third kappa shape index (κ3) is 3.69. The van der Waals surface area contributed by atoms with Crippen LogP contribution in [-0.4, -0.2) is 22.1 Å². The van der Waals surface area contributed by atoms with Gasteiger partial charge in [-0.15, -0.1) is 0 Å². The van der Waals surface area contributed by atoms with E-state index in [1.165, 1.54) is 0 Å². The molecule has 5 nitrogen and oxygen atoms in total. The molecular formula is C26H20N4O. The molecule has 0 radical (unpaired) electrons. The van der Waals surface area contributed by atoms with Crippen LogP contribution in [0, 0.1) is 0 Å². The van der Waals surface area contributed by atoms with Crippen LogP contribution in [0.3, 0.4) is 0 Å². The number of para-hydroxylation sites is 1. The molecular weight excluding hydrogens is 384 g/mol. The van der Waals surface area contributed by atoms with Gasteiger partial charge in [0.05, 0.1) is 18.3 Å². The first-order valence-corrected chi connectivity index (χ1v) is 10.00. The summed E-state index contributed by atoms with van der Waals surface area (Å²) in [5.74, 6) is 2.29. The number of methoxy groups -OCH3 is 1. The first kappa shape index (κ1) is 18.8. The minimum absolute atomic E-state index is 0.682. The minimum Gasteiger partial charge on any atom is -0.497 e. The molecule has 0 unspecified atom stereocenters. The Morgan fingerprint density at radius 2 is 1.35 bits per heavy atom. The lowest BCUT2D eigenvalue weighted by atomic mass is 10.1. The fourth-order valence-electron chi connectivity index (χ4n) is 3.56. The lowest BCUT2D eigenvalue weighted by Gasteiger charge is -2.26. The quantitative estimate of drug-likeness (QED) is 0.351. The van der Waals surface area contributed by atoms with Gasteiger partial charge in [-0.1, -0.05) is 42.5 Å². The molecule has 150 valence electrons. The van der Waals surface area contributed by atoms with Crippen molar-refractivity contribution >= 4 is 28.1 Å². The number of anilines is 3. The average molecular weight is 404 g/mol. The Kier molecular flexibility index (Phi) is 4.99. The van der Waals surface area contributed by atoms with Crippen molar-refractivity contribution in [3.05, 3.63) is 103 Å². The van der Waals surface area contributed by atoms with Gasteiger partial charge in [0.25, 0.3) is 0 Å². The van der Waals surface area contributed by atoms with Crippen molar-refractivity contribution in [3.8, 4) is 17.1 Å². The number of hydrogen-bond donors (Lipinski definition) is 0. The van der Waals surface area contributed by atoms with Crippen molar-refractivity contribution in [2.45, 2.75) is 0 Å². The Bertz CT molecular complexity index is 1310. The number of aromatic nitrogens is 3. The fraction of sp³-hybridized carbons (Fsp3) is 0.0385. The predicted molar refractivity (Wildman–Crippen MR) is 124 cm³/mol. The molecule has 0 amide bonds. The van der Waals surface area contributed by atoms with Crippen molar-refractivity contribution in [2.24, 2.45) is 0 Å². The molecule has 0 aliphatic heterocycles. The summed E-state index contributed by atoms with van der Waals surface area (Å²) in [6.45, 7) is 0. The van der Waals surface area contributed by atoms with Crippen molar-refractivity contribution in [2.75, 3.05) is 12.0 Å². The van der Waals surface area contributed by atoms with Crippen LogP contribution in [0.25, 0.3) is 22.3 Å². The monoisotopic (exact) mass is 404 g/mol. The highest BCUT2D eigenvalue weighted by Crippen LogP contribution is 2.38. The Morgan fingerprint density at radius 1 is 0.677 bits per heavy atom. The topological polar surface area (TPSA) is 51.1 Å². The molecule has 0 fully saturated rings. The van der Waals surface area contributed by atoms with E-state index >= 15 is 0 Å². The highest BCUT2D eigenvalue weighted by atomic mass is 16.5. The first-order chi connectivity index (χ1) is 15.3. The van der Waals surface area contributed by atoms with E-state index in [0.29, 0.717) is 5.82 Å². The normalized spacial score (nSPS) is 10.7. The molecule has 0 saturated carbocycles. The van der Waals surface area contributed by atoms with Gasteiger partial charge in [-0.3, -0.25) is 9.88 Å². The number of benzene rings is 3. The fourth-order valence-corrected chi connectivity index (χ4v) is 3.56. The summed E-state index contributed by atoms with van der Waals surface area (Å²) in [6.07, 6.45) is 3.57. The van der Waals surface area contributed by atoms with Gasteiger partial charge < -0.3 is 4.74 Å². The largest absolute Gasteiger partial charge is 0.497 e. The van der Waals surface area contributed by atoms with E-state index in [9.17, 15) is 0 Å². The standard InChI is InChI=1S/C26H20N4O/c1-31-22-13-11-20(12-14-22)30(21-15-17-27-18-16-21)26-23-9-5-6-10-24(23)28-25(29-26)19-7-3-2-4-8-19/h2-18H,1H3. The van der Waals surface area contributed by atoms with E-state index in [1.807, 2.05) is 84.9 Å². The molecule has 5 heteroatoms. The third-order valence-electron chi connectivity index (χ3n) is 5.08. The Hall–Kier alpha value is -4.25. The maximum absolute atomic E-state index is 5.35. The van der Waals surface area contributed by atoms with Gasteiger partial charge >= 0.3 is 0 Å². The number of fused-ring (bicyclic) bond motifs is 1. The van der Waals surface area contributed by atoms with E-state index in [2.05, 4.69) is 16.0 Å². The molecule has 0 aliphatic rings. The lowest BCUT2D eigenvalue weighted by molar-refractivity contribution is 0.415. The van der Waals surface area contributed by atoms with Gasteiger partial charge in [0.1, 0.15) is 11.6 Å². The molecule has 0 aliphatic carbocycles. The molecule has 5 aromatic rings. The summed E-state index contributed by atoms with van der Waals surface area (Å²) in [6, 6.07) is 30.0. The maximum atomic E-state index is 5.35. The Morgan fingerprint density at radius 3 is 2.10 bits per heavy atom. The van der Waals surface area contributed by atoms with Crippen molar-refractivity contribution in [3.63, 3.8) is 0 Å². The molecule has 3 aromatic carbocycles. The van der Waals surface area contributed by atoms with Gasteiger partial charge in [-0.2, -0.15) is 0 Å². The van der Waals surface area contributed by atoms with Crippen LogP contribution < -0.4 is 9.64 Å². The Labute approximate surface area is 180 Å². The number of nitrogens with zero attached hydrogens (tertiary/aromatic N) is 4. The molecule has 0 N–H and O–H groups in total. The van der Waals surface area contributed by atoms with Crippen molar-refractivity contribution < 1.29 is 4.74 Å². The smallest absolute Gasteiger partial charge is 0.162 e. The third-order valence-corrected chi connectivity index (χ3v) is 5.08. The van der Waals surface area contributed by atoms with E-state index in [-0.39, 0.29) is 0 Å². The number of hydrogen-bond acceptors (Lipinski definition) is 5. The number of rotatable bonds is 5. The molecule has 2 heterocycles. The zero-order valence-corrected chi connectivity index (χ0v) is 17.0. The summed E-state index contributed by atoms with van der Waals surface area (Å²) in [5, 5.41) is 0.967. The van der Waals surface area contributed by atoms with Gasteiger partial charge in [0.15, 0.2) is 5.82 Å². The zero-order chi connectivity index (χ0) is 21.0. The number of ether oxygens (including phenoxy) is 1. The van der Waals surface area contributed by atoms with Gasteiger partial charge in [-0.05, 0) is 48.5 Å². The summed E-state index contributed by atoms with van der Waals surface area (Å²) >= 11 is 0. The lowest BCUT2D eigenvalue weighted by Crippen LogP contribution is -2.13. The molecule has 0 bridgehead atoms. The maximum Gasteiger partial charge on any atom is 0.162 e. The SMILES string of the molecule is COc1ccc(N(c2ccncc2)c2nc(-c3ccccc3)nc3ccccc23)cc1. The van der Waals surface area contributed by atoms with Crippen LogP contribution in [0.1, 0.15) is 0 Å². The molecule has 0 spiro atoms. The Balaban J connectivity index is 1.78. The second kappa shape index (κ2) is 8.24. The second-order valence-corrected chi connectivity index (χ2v) is 6.99. The highest BCUT2D eigenvalue weighted by molar-refractivity contribution is 5.95. The second-order valence-electron chi connectivity index (χ2n) is 6.99. The van der Waals surface area contributed by atoms with E-state index in [0.717, 1.165) is 39.4 Å². The van der Waals surface area contributed by atoms with Crippen LogP contribution >= 0.6 is 0 Å². The van der Waals surface area contributed by atoms with Crippen LogP contribution in [0.15, 0.2) is 103 Å². The average Bonchev–Trinajstić information content (AvgIpc) is 2.86. The molecule has 0 saturated heterocycles. The van der Waals surface area contributed by atoms with Crippen LogP contribution in [0.4, 0.5) is 17.2 Å². The molecule has 0 atom stereocenters. The molecule has 31 heavy (non-hydrogen) atoms. The molecule has 5 rings (SSSR count). The van der Waals surface area contributed by atoms with E-state index < -0.39 is 0 Å². The highest BCUT2D eigenvalue weighted by Gasteiger charge is 2.19. The van der Waals surface area contributed by atoms with Gasteiger partial charge in [0.2, 0.25) is 0 Å². The summed E-state index contributed by atoms with van der Waals surface area (Å²) in [7, 11) is 1.67. The summed E-state index contributed by atoms with van der Waals surface area (Å²) in [5.41, 5.74) is 3.79. The molecule has 2 aromatic heterocycles. The first-order valence-electron chi connectivity index (χ1n) is 10.00. The van der Waals surface area contributed by atoms with Crippen molar-refractivity contribution in [1.82, 2.24) is 15.0 Å². The predicted octanol–water partition coefficient (Wildman–Crippen LogP) is 6.17. The zero-order valence-electron chi connectivity index (χ0n) is 17.0. The summed E-state index contributed by atoms with van der Waals surface area (Å²) in [4.78, 5) is 16.2. The minimum atomic E-state index is 0.682. The van der Waals surface area contributed by atoms with Crippen LogP contribution in [0.5, 0.6) is 5.75 Å². The van der Waals surface area contributed by atoms with Crippen molar-refractivity contribution in [1.29, 1.82) is 0 Å². The van der Waals surface area contributed by atoms with Crippen LogP contribution in [0.2, 0.25) is 0 Å². The number of pyridine rings is 1. The van der Waals surface area contributed by atoms with Gasteiger partial charge in [0, 0.05) is 29.0 Å². The summed E-state index contributed by atoms with van der Waals surface area (Å²) < 4.78 is 5.35. The van der Waals surface area contributed by atoms with E-state index in [4.69, 9.17) is 14.7 Å². The van der Waals surface area contributed by atoms with Gasteiger partial charge in [-0.25, -0.2) is 9.97 Å². The van der Waals surface area contributed by atoms with Crippen LogP contribution in [-0.2, 0) is 0 Å².